The lowest BCUT2D eigenvalue weighted by molar-refractivity contribution is -0.112. The Kier molecular flexibility index (Phi) is 5.82. The summed E-state index contributed by atoms with van der Waals surface area (Å²) >= 11 is 5.82. The average molecular weight is 407 g/mol. The fraction of sp³-hybridized carbons (Fsp3) is 0.0455. The molecule has 0 aliphatic carbocycles. The topological polar surface area (TPSA) is 103 Å². The van der Waals surface area contributed by atoms with Crippen molar-refractivity contribution in [3.05, 3.63) is 82.1 Å². The molecular weight excluding hydrogens is 392 g/mol. The molecule has 2 aromatic carbocycles. The van der Waals surface area contributed by atoms with Crippen LogP contribution in [0.4, 0.5) is 5.69 Å². The van der Waals surface area contributed by atoms with Crippen LogP contribution in [0.15, 0.2) is 64.6 Å². The minimum atomic E-state index is -1.01. The monoisotopic (exact) mass is 406 g/mol. The number of aromatic carboxylic acids is 1. The quantitative estimate of drug-likeness (QED) is 0.450. The number of aryl methyl sites for hydroxylation is 1. The minimum Gasteiger partial charge on any atom is -0.478 e. The van der Waals surface area contributed by atoms with Gasteiger partial charge in [0.15, 0.2) is 0 Å². The Morgan fingerprint density at radius 3 is 2.48 bits per heavy atom. The van der Waals surface area contributed by atoms with Crippen LogP contribution in [-0.4, -0.2) is 17.0 Å². The molecule has 0 atom stereocenters. The number of carboxylic acids is 1. The second-order valence-corrected chi connectivity index (χ2v) is 6.60. The lowest BCUT2D eigenvalue weighted by atomic mass is 10.0. The highest BCUT2D eigenvalue weighted by Crippen LogP contribution is 2.27. The molecule has 144 valence electrons. The predicted octanol–water partition coefficient (Wildman–Crippen LogP) is 5.15. The molecule has 3 aromatic rings. The van der Waals surface area contributed by atoms with Crippen molar-refractivity contribution in [1.82, 2.24) is 0 Å². The third-order valence-corrected chi connectivity index (χ3v) is 4.37. The fourth-order valence-electron chi connectivity index (χ4n) is 2.67. The Labute approximate surface area is 171 Å². The molecular formula is C22H15ClN2O4. The molecule has 0 aliphatic heterocycles. The number of carboxylic acid groups (broad SMARTS) is 1. The number of carbonyl (C=O) groups excluding carboxylic acids is 1. The number of nitriles is 1. The molecule has 2 N–H and O–H groups in total. The number of furan rings is 1. The van der Waals surface area contributed by atoms with Crippen molar-refractivity contribution in [1.29, 1.82) is 5.26 Å². The summed E-state index contributed by atoms with van der Waals surface area (Å²) in [6.45, 7) is 1.78. The van der Waals surface area contributed by atoms with Gasteiger partial charge in [-0.1, -0.05) is 17.7 Å². The van der Waals surface area contributed by atoms with E-state index < -0.39 is 11.9 Å². The number of benzene rings is 2. The van der Waals surface area contributed by atoms with Crippen LogP contribution in [0.1, 0.15) is 21.7 Å². The molecule has 0 aliphatic rings. The van der Waals surface area contributed by atoms with Crippen molar-refractivity contribution in [2.24, 2.45) is 0 Å². The first kappa shape index (κ1) is 19.9. The van der Waals surface area contributed by atoms with Gasteiger partial charge in [0, 0.05) is 22.3 Å². The van der Waals surface area contributed by atoms with E-state index in [1.165, 1.54) is 12.1 Å². The van der Waals surface area contributed by atoms with E-state index in [-0.39, 0.29) is 11.1 Å². The van der Waals surface area contributed by atoms with E-state index in [1.54, 1.807) is 55.5 Å². The van der Waals surface area contributed by atoms with Gasteiger partial charge in [0.1, 0.15) is 23.2 Å². The molecule has 6 nitrogen and oxygen atoms in total. The van der Waals surface area contributed by atoms with Crippen molar-refractivity contribution >= 4 is 35.2 Å². The van der Waals surface area contributed by atoms with Crippen LogP contribution in [0.5, 0.6) is 0 Å². The molecule has 0 spiro atoms. The van der Waals surface area contributed by atoms with Crippen LogP contribution in [0, 0.1) is 18.3 Å². The Bertz CT molecular complexity index is 1150. The van der Waals surface area contributed by atoms with Crippen molar-refractivity contribution < 1.29 is 19.1 Å². The molecule has 0 bridgehead atoms. The number of halogens is 1. The molecule has 3 rings (SSSR count). The van der Waals surface area contributed by atoms with Crippen LogP contribution < -0.4 is 5.32 Å². The summed E-state index contributed by atoms with van der Waals surface area (Å²) in [6, 6.07) is 16.4. The van der Waals surface area contributed by atoms with Crippen molar-refractivity contribution in [3.63, 3.8) is 0 Å². The first-order valence-corrected chi connectivity index (χ1v) is 8.88. The maximum absolute atomic E-state index is 12.3. The zero-order chi connectivity index (χ0) is 21.0. The Hall–Kier alpha value is -3.82. The zero-order valence-electron chi connectivity index (χ0n) is 15.3. The maximum atomic E-state index is 12.3. The summed E-state index contributed by atoms with van der Waals surface area (Å²) in [5.74, 6) is -0.756. The number of nitrogens with one attached hydrogen (secondary N) is 1. The van der Waals surface area contributed by atoms with Gasteiger partial charge < -0.3 is 14.8 Å². The summed E-state index contributed by atoms with van der Waals surface area (Å²) in [5.41, 5.74) is 2.02. The average Bonchev–Trinajstić information content (AvgIpc) is 3.16. The highest BCUT2D eigenvalue weighted by molar-refractivity contribution is 6.30. The van der Waals surface area contributed by atoms with E-state index in [4.69, 9.17) is 21.1 Å². The van der Waals surface area contributed by atoms with Crippen LogP contribution in [0.3, 0.4) is 0 Å². The zero-order valence-corrected chi connectivity index (χ0v) is 16.0. The van der Waals surface area contributed by atoms with Gasteiger partial charge in [0.05, 0.1) is 5.56 Å². The first-order chi connectivity index (χ1) is 13.9. The Morgan fingerprint density at radius 1 is 1.14 bits per heavy atom. The molecule has 1 heterocycles. The van der Waals surface area contributed by atoms with Gasteiger partial charge in [-0.25, -0.2) is 4.79 Å². The Morgan fingerprint density at radius 2 is 1.86 bits per heavy atom. The van der Waals surface area contributed by atoms with Gasteiger partial charge in [-0.2, -0.15) is 5.26 Å². The highest BCUT2D eigenvalue weighted by Gasteiger charge is 2.13. The smallest absolute Gasteiger partial charge is 0.335 e. The van der Waals surface area contributed by atoms with Crippen LogP contribution in [0.2, 0.25) is 5.02 Å². The Balaban J connectivity index is 1.82. The number of rotatable bonds is 5. The van der Waals surface area contributed by atoms with E-state index in [1.807, 2.05) is 6.07 Å². The molecule has 7 heteroatoms. The van der Waals surface area contributed by atoms with Gasteiger partial charge >= 0.3 is 5.97 Å². The van der Waals surface area contributed by atoms with Gasteiger partial charge in [0.25, 0.3) is 5.91 Å². The van der Waals surface area contributed by atoms with E-state index >= 15 is 0 Å². The number of nitrogens with zero attached hydrogens (tertiary/aromatic N) is 1. The minimum absolute atomic E-state index is 0.126. The summed E-state index contributed by atoms with van der Waals surface area (Å²) in [4.78, 5) is 23.4. The van der Waals surface area contributed by atoms with Gasteiger partial charge in [0.2, 0.25) is 0 Å². The summed E-state index contributed by atoms with van der Waals surface area (Å²) in [6.07, 6.45) is 1.34. The molecule has 0 fully saturated rings. The van der Waals surface area contributed by atoms with Gasteiger partial charge in [-0.3, -0.25) is 4.79 Å². The highest BCUT2D eigenvalue weighted by atomic mass is 35.5. The molecule has 0 radical (unpaired) electrons. The van der Waals surface area contributed by atoms with Crippen molar-refractivity contribution in [2.75, 3.05) is 5.32 Å². The molecule has 0 saturated heterocycles. The third kappa shape index (κ3) is 4.72. The van der Waals surface area contributed by atoms with Gasteiger partial charge in [-0.05, 0) is 61.0 Å². The maximum Gasteiger partial charge on any atom is 0.335 e. The van der Waals surface area contributed by atoms with Gasteiger partial charge in [-0.15, -0.1) is 0 Å². The van der Waals surface area contributed by atoms with E-state index in [9.17, 15) is 14.9 Å². The predicted molar refractivity (Wildman–Crippen MR) is 110 cm³/mol. The first-order valence-electron chi connectivity index (χ1n) is 8.50. The molecule has 0 saturated carbocycles. The second kappa shape index (κ2) is 8.46. The van der Waals surface area contributed by atoms with Crippen LogP contribution in [-0.2, 0) is 4.79 Å². The molecule has 1 aromatic heterocycles. The largest absolute Gasteiger partial charge is 0.478 e. The number of amides is 1. The van der Waals surface area contributed by atoms with Crippen LogP contribution >= 0.6 is 11.6 Å². The summed E-state index contributed by atoms with van der Waals surface area (Å²) < 4.78 is 5.73. The van der Waals surface area contributed by atoms with Crippen LogP contribution in [0.25, 0.3) is 17.4 Å². The lowest BCUT2D eigenvalue weighted by Crippen LogP contribution is -2.13. The van der Waals surface area contributed by atoms with E-state index in [0.717, 1.165) is 11.1 Å². The SMILES string of the molecule is Cc1cc(C(=O)O)ccc1-c1ccc(C=C(C#N)C(=O)Nc2ccc(Cl)cc2)o1. The second-order valence-electron chi connectivity index (χ2n) is 6.17. The number of hydrogen-bond acceptors (Lipinski definition) is 4. The van der Waals surface area contributed by atoms with Crippen molar-refractivity contribution in [2.45, 2.75) is 6.92 Å². The molecule has 0 unspecified atom stereocenters. The normalized spacial score (nSPS) is 11.0. The number of hydrogen-bond donors (Lipinski definition) is 2. The van der Waals surface area contributed by atoms with E-state index in [0.29, 0.717) is 22.2 Å². The third-order valence-electron chi connectivity index (χ3n) is 4.12. The van der Waals surface area contributed by atoms with E-state index in [2.05, 4.69) is 5.32 Å². The number of carbonyl (C=O) groups is 2. The fourth-order valence-corrected chi connectivity index (χ4v) is 2.80. The number of anilines is 1. The van der Waals surface area contributed by atoms with Crippen molar-refractivity contribution in [3.8, 4) is 17.4 Å². The molecule has 1 amide bonds. The lowest BCUT2D eigenvalue weighted by Gasteiger charge is -2.04. The standard InChI is InChI=1S/C22H15ClN2O4/c1-13-10-14(22(27)28)2-8-19(13)20-9-7-18(29-20)11-15(12-24)21(26)25-17-5-3-16(23)4-6-17/h2-11H,1H3,(H,25,26)(H,27,28). The molecule has 29 heavy (non-hydrogen) atoms. The summed E-state index contributed by atoms with van der Waals surface area (Å²) in [5, 5.41) is 21.6. The summed E-state index contributed by atoms with van der Waals surface area (Å²) in [7, 11) is 0.